The van der Waals surface area contributed by atoms with E-state index in [-0.39, 0.29) is 11.6 Å². The molecule has 0 bridgehead atoms. The normalized spacial score (nSPS) is 14.0. The fourth-order valence-corrected chi connectivity index (χ4v) is 3.26. The molecule has 1 aromatic carbocycles. The lowest BCUT2D eigenvalue weighted by Crippen LogP contribution is -2.47. The second kappa shape index (κ2) is 8.22. The molecule has 1 amide bonds. The number of anilines is 3. The van der Waals surface area contributed by atoms with Gasteiger partial charge in [0.1, 0.15) is 17.3 Å². The van der Waals surface area contributed by atoms with Gasteiger partial charge >= 0.3 is 0 Å². The largest absolute Gasteiger partial charge is 0.353 e. The molecule has 8 heteroatoms. The van der Waals surface area contributed by atoms with E-state index >= 15 is 0 Å². The molecule has 142 valence electrons. The van der Waals surface area contributed by atoms with Crippen LogP contribution in [0.4, 0.5) is 17.3 Å². The van der Waals surface area contributed by atoms with Gasteiger partial charge in [-0.1, -0.05) is 23.7 Å². The van der Waals surface area contributed by atoms with Crippen molar-refractivity contribution in [2.45, 2.75) is 0 Å². The van der Waals surface area contributed by atoms with E-state index in [1.807, 2.05) is 18.2 Å². The topological polar surface area (TPSA) is 74.2 Å². The van der Waals surface area contributed by atoms with Gasteiger partial charge in [0, 0.05) is 43.1 Å². The van der Waals surface area contributed by atoms with Gasteiger partial charge in [0.15, 0.2) is 0 Å². The third kappa shape index (κ3) is 4.20. The van der Waals surface area contributed by atoms with Crippen molar-refractivity contribution in [3.8, 4) is 0 Å². The molecule has 0 atom stereocenters. The molecule has 3 heterocycles. The summed E-state index contributed by atoms with van der Waals surface area (Å²) in [6, 6.07) is 12.9. The molecule has 0 unspecified atom stereocenters. The smallest absolute Gasteiger partial charge is 0.275 e. The van der Waals surface area contributed by atoms with Gasteiger partial charge < -0.3 is 15.1 Å². The van der Waals surface area contributed by atoms with Crippen molar-refractivity contribution in [3.63, 3.8) is 0 Å². The number of hydrogen-bond acceptors (Lipinski definition) is 6. The van der Waals surface area contributed by atoms with Crippen LogP contribution < -0.4 is 15.1 Å². The quantitative estimate of drug-likeness (QED) is 0.733. The number of amides is 1. The SMILES string of the molecule is O=C(Nc1cccc(Cl)c1)c1cnc(N2CCN(c3ccccn3)CC2)cn1. The highest BCUT2D eigenvalue weighted by Gasteiger charge is 2.19. The molecule has 3 aromatic rings. The van der Waals surface area contributed by atoms with Crippen LogP contribution in [0.1, 0.15) is 10.5 Å². The van der Waals surface area contributed by atoms with E-state index in [4.69, 9.17) is 11.6 Å². The number of carbonyl (C=O) groups is 1. The van der Waals surface area contributed by atoms with Gasteiger partial charge in [-0.3, -0.25) is 4.79 Å². The van der Waals surface area contributed by atoms with Gasteiger partial charge in [-0.15, -0.1) is 0 Å². The number of piperazine rings is 1. The maximum Gasteiger partial charge on any atom is 0.275 e. The van der Waals surface area contributed by atoms with Crippen molar-refractivity contribution in [1.82, 2.24) is 15.0 Å². The number of halogens is 1. The molecule has 0 spiro atoms. The van der Waals surface area contributed by atoms with Crippen molar-refractivity contribution in [2.75, 3.05) is 41.3 Å². The molecule has 0 radical (unpaired) electrons. The van der Waals surface area contributed by atoms with E-state index in [1.54, 1.807) is 36.7 Å². The molecule has 1 N–H and O–H groups in total. The molecule has 0 saturated carbocycles. The molecule has 1 saturated heterocycles. The fraction of sp³-hybridized carbons (Fsp3) is 0.200. The molecule has 1 fully saturated rings. The summed E-state index contributed by atoms with van der Waals surface area (Å²) in [7, 11) is 0. The van der Waals surface area contributed by atoms with E-state index in [1.165, 1.54) is 6.20 Å². The predicted molar refractivity (Wildman–Crippen MR) is 110 cm³/mol. The van der Waals surface area contributed by atoms with E-state index in [2.05, 4.69) is 30.1 Å². The minimum absolute atomic E-state index is 0.260. The monoisotopic (exact) mass is 394 g/mol. The van der Waals surface area contributed by atoms with Crippen molar-refractivity contribution < 1.29 is 4.79 Å². The Morgan fingerprint density at radius 2 is 1.68 bits per heavy atom. The van der Waals surface area contributed by atoms with E-state index in [0.29, 0.717) is 10.7 Å². The van der Waals surface area contributed by atoms with Gasteiger partial charge in [-0.25, -0.2) is 15.0 Å². The van der Waals surface area contributed by atoms with Crippen molar-refractivity contribution >= 4 is 34.8 Å². The van der Waals surface area contributed by atoms with Gasteiger partial charge in [-0.05, 0) is 30.3 Å². The Hall–Kier alpha value is -3.19. The van der Waals surface area contributed by atoms with Crippen molar-refractivity contribution in [3.05, 3.63) is 71.8 Å². The Labute approximate surface area is 168 Å². The van der Waals surface area contributed by atoms with Crippen LogP contribution in [0.5, 0.6) is 0 Å². The van der Waals surface area contributed by atoms with Gasteiger partial charge in [-0.2, -0.15) is 0 Å². The molecular weight excluding hydrogens is 376 g/mol. The molecule has 4 rings (SSSR count). The van der Waals surface area contributed by atoms with Crippen LogP contribution in [0, 0.1) is 0 Å². The maximum absolute atomic E-state index is 12.3. The first-order valence-electron chi connectivity index (χ1n) is 8.99. The number of pyridine rings is 1. The van der Waals surface area contributed by atoms with Crippen LogP contribution in [0.15, 0.2) is 61.1 Å². The molecule has 1 aliphatic rings. The molecular formula is C20H19ClN6O. The zero-order chi connectivity index (χ0) is 19.3. The number of hydrogen-bond donors (Lipinski definition) is 1. The van der Waals surface area contributed by atoms with Crippen LogP contribution in [0.2, 0.25) is 5.02 Å². The van der Waals surface area contributed by atoms with E-state index in [9.17, 15) is 4.79 Å². The Bertz CT molecular complexity index is 942. The van der Waals surface area contributed by atoms with E-state index < -0.39 is 0 Å². The lowest BCUT2D eigenvalue weighted by atomic mass is 10.3. The van der Waals surface area contributed by atoms with Gasteiger partial charge in [0.2, 0.25) is 0 Å². The molecule has 1 aliphatic heterocycles. The fourth-order valence-electron chi connectivity index (χ4n) is 3.07. The van der Waals surface area contributed by atoms with Gasteiger partial charge in [0.25, 0.3) is 5.91 Å². The van der Waals surface area contributed by atoms with Crippen LogP contribution in [0.3, 0.4) is 0 Å². The summed E-state index contributed by atoms with van der Waals surface area (Å²) in [6.07, 6.45) is 4.95. The first-order chi connectivity index (χ1) is 13.7. The summed E-state index contributed by atoms with van der Waals surface area (Å²) < 4.78 is 0. The average Bonchev–Trinajstić information content (AvgIpc) is 2.75. The van der Waals surface area contributed by atoms with Crippen LogP contribution in [-0.4, -0.2) is 47.0 Å². The van der Waals surface area contributed by atoms with Crippen molar-refractivity contribution in [1.29, 1.82) is 0 Å². The second-order valence-electron chi connectivity index (χ2n) is 6.39. The average molecular weight is 395 g/mol. The third-order valence-electron chi connectivity index (χ3n) is 4.53. The first kappa shape index (κ1) is 18.2. The number of benzene rings is 1. The summed E-state index contributed by atoms with van der Waals surface area (Å²) in [4.78, 5) is 29.8. The minimum Gasteiger partial charge on any atom is -0.353 e. The summed E-state index contributed by atoms with van der Waals surface area (Å²) in [5, 5.41) is 3.33. The first-order valence-corrected chi connectivity index (χ1v) is 9.37. The molecule has 28 heavy (non-hydrogen) atoms. The molecule has 2 aromatic heterocycles. The number of aromatic nitrogens is 3. The Morgan fingerprint density at radius 3 is 2.32 bits per heavy atom. The zero-order valence-corrected chi connectivity index (χ0v) is 15.9. The van der Waals surface area contributed by atoms with Crippen molar-refractivity contribution in [2.24, 2.45) is 0 Å². The lowest BCUT2D eigenvalue weighted by molar-refractivity contribution is 0.102. The summed E-state index contributed by atoms with van der Waals surface area (Å²) >= 11 is 5.94. The van der Waals surface area contributed by atoms with Crippen LogP contribution in [0.25, 0.3) is 0 Å². The van der Waals surface area contributed by atoms with Gasteiger partial charge in [0.05, 0.1) is 12.4 Å². The number of nitrogens with one attached hydrogen (secondary N) is 1. The Morgan fingerprint density at radius 1 is 0.893 bits per heavy atom. The minimum atomic E-state index is -0.318. The standard InChI is InChI=1S/C20H19ClN6O/c21-15-4-3-5-16(12-15)25-20(28)17-13-24-19(14-23-17)27-10-8-26(9-11-27)18-6-1-2-7-22-18/h1-7,12-14H,8-11H2,(H,25,28). The summed E-state index contributed by atoms with van der Waals surface area (Å²) in [5.41, 5.74) is 0.880. The third-order valence-corrected chi connectivity index (χ3v) is 4.77. The summed E-state index contributed by atoms with van der Waals surface area (Å²) in [6.45, 7) is 3.35. The van der Waals surface area contributed by atoms with E-state index in [0.717, 1.165) is 37.8 Å². The van der Waals surface area contributed by atoms with Crippen LogP contribution in [-0.2, 0) is 0 Å². The Kier molecular flexibility index (Phi) is 5.34. The van der Waals surface area contributed by atoms with Crippen LogP contribution >= 0.6 is 11.6 Å². The number of nitrogens with zero attached hydrogens (tertiary/aromatic N) is 5. The highest BCUT2D eigenvalue weighted by molar-refractivity contribution is 6.30. The predicted octanol–water partition coefficient (Wildman–Crippen LogP) is 3.10. The summed E-state index contributed by atoms with van der Waals surface area (Å²) in [5.74, 6) is 1.43. The second-order valence-corrected chi connectivity index (χ2v) is 6.82. The maximum atomic E-state index is 12.3. The Balaban J connectivity index is 1.36. The highest BCUT2D eigenvalue weighted by atomic mass is 35.5. The molecule has 0 aliphatic carbocycles. The molecule has 7 nitrogen and oxygen atoms in total. The zero-order valence-electron chi connectivity index (χ0n) is 15.1. The lowest BCUT2D eigenvalue weighted by Gasteiger charge is -2.35. The highest BCUT2D eigenvalue weighted by Crippen LogP contribution is 2.18. The number of rotatable bonds is 4. The number of carbonyl (C=O) groups excluding carboxylic acids is 1.